The van der Waals surface area contributed by atoms with Gasteiger partial charge in [0.05, 0.1) is 11.9 Å². The number of imidazole rings is 1. The SMILES string of the molecule is CCSc1nn2c(-c3cccc(OC(F)(F)F)c3)cnc2s1. The fourth-order valence-corrected chi connectivity index (χ4v) is 3.72. The highest BCUT2D eigenvalue weighted by molar-refractivity contribution is 8.01. The first-order valence-electron chi connectivity index (χ1n) is 6.30. The molecule has 0 N–H and O–H groups in total. The standard InChI is InChI=1S/C13H10F3N3OS2/c1-2-21-12-18-19-10(7-17-11(19)22-12)8-4-3-5-9(6-8)20-13(14,15)16/h3-7H,2H2,1H3. The number of thioether (sulfide) groups is 1. The van der Waals surface area contributed by atoms with Crippen molar-refractivity contribution in [3.63, 3.8) is 0 Å². The van der Waals surface area contributed by atoms with E-state index in [4.69, 9.17) is 0 Å². The Kier molecular flexibility index (Phi) is 4.00. The molecule has 1 aromatic carbocycles. The first-order valence-corrected chi connectivity index (χ1v) is 8.10. The minimum absolute atomic E-state index is 0.265. The van der Waals surface area contributed by atoms with Gasteiger partial charge in [0.1, 0.15) is 5.75 Å². The number of nitrogens with zero attached hydrogens (tertiary/aromatic N) is 3. The lowest BCUT2D eigenvalue weighted by atomic mass is 10.1. The van der Waals surface area contributed by atoms with Crippen LogP contribution in [0.1, 0.15) is 6.92 Å². The first kappa shape index (κ1) is 15.2. The second-order valence-electron chi connectivity index (χ2n) is 4.21. The molecule has 116 valence electrons. The summed E-state index contributed by atoms with van der Waals surface area (Å²) in [5.74, 6) is 0.624. The molecular weight excluding hydrogens is 335 g/mol. The molecule has 0 spiro atoms. The van der Waals surface area contributed by atoms with Crippen molar-refractivity contribution in [3.05, 3.63) is 30.5 Å². The van der Waals surface area contributed by atoms with Crippen LogP contribution in [-0.4, -0.2) is 26.7 Å². The molecule has 9 heteroatoms. The van der Waals surface area contributed by atoms with E-state index in [1.807, 2.05) is 6.92 Å². The van der Waals surface area contributed by atoms with Crippen LogP contribution in [0.5, 0.6) is 5.75 Å². The summed E-state index contributed by atoms with van der Waals surface area (Å²) in [6.07, 6.45) is -3.12. The molecule has 3 aromatic rings. The van der Waals surface area contributed by atoms with Gasteiger partial charge in [-0.3, -0.25) is 0 Å². The summed E-state index contributed by atoms with van der Waals surface area (Å²) in [4.78, 5) is 4.95. The van der Waals surface area contributed by atoms with Crippen molar-refractivity contribution in [1.82, 2.24) is 14.6 Å². The fourth-order valence-electron chi connectivity index (χ4n) is 1.91. The number of rotatable bonds is 4. The minimum atomic E-state index is -4.71. The number of ether oxygens (including phenoxy) is 1. The maximum absolute atomic E-state index is 12.3. The smallest absolute Gasteiger partial charge is 0.406 e. The van der Waals surface area contributed by atoms with Gasteiger partial charge < -0.3 is 4.74 Å². The van der Waals surface area contributed by atoms with Crippen molar-refractivity contribution in [2.24, 2.45) is 0 Å². The maximum Gasteiger partial charge on any atom is 0.573 e. The quantitative estimate of drug-likeness (QED) is 0.654. The monoisotopic (exact) mass is 345 g/mol. The van der Waals surface area contributed by atoms with Crippen molar-refractivity contribution in [2.75, 3.05) is 5.75 Å². The van der Waals surface area contributed by atoms with E-state index in [9.17, 15) is 13.2 Å². The molecule has 0 radical (unpaired) electrons. The van der Waals surface area contributed by atoms with E-state index in [-0.39, 0.29) is 5.75 Å². The van der Waals surface area contributed by atoms with E-state index in [0.29, 0.717) is 16.2 Å². The van der Waals surface area contributed by atoms with Gasteiger partial charge in [-0.1, -0.05) is 42.2 Å². The lowest BCUT2D eigenvalue weighted by molar-refractivity contribution is -0.274. The zero-order valence-corrected chi connectivity index (χ0v) is 12.9. The Morgan fingerprint density at radius 2 is 2.18 bits per heavy atom. The van der Waals surface area contributed by atoms with Crippen LogP contribution in [0.2, 0.25) is 0 Å². The minimum Gasteiger partial charge on any atom is -0.406 e. The number of alkyl halides is 3. The van der Waals surface area contributed by atoms with Crippen LogP contribution in [0.15, 0.2) is 34.8 Å². The highest BCUT2D eigenvalue weighted by Crippen LogP contribution is 2.31. The second kappa shape index (κ2) is 5.81. The van der Waals surface area contributed by atoms with Crippen molar-refractivity contribution in [1.29, 1.82) is 0 Å². The third-order valence-electron chi connectivity index (χ3n) is 2.70. The maximum atomic E-state index is 12.3. The third kappa shape index (κ3) is 3.20. The molecule has 0 bridgehead atoms. The van der Waals surface area contributed by atoms with Crippen molar-refractivity contribution in [3.8, 4) is 17.0 Å². The zero-order valence-electron chi connectivity index (χ0n) is 11.3. The molecule has 4 nitrogen and oxygen atoms in total. The number of fused-ring (bicyclic) bond motifs is 1. The molecule has 2 heterocycles. The Balaban J connectivity index is 1.98. The van der Waals surface area contributed by atoms with Gasteiger partial charge in [-0.15, -0.1) is 18.3 Å². The molecule has 0 atom stereocenters. The molecule has 0 saturated heterocycles. The van der Waals surface area contributed by atoms with Crippen LogP contribution in [0.3, 0.4) is 0 Å². The Hall–Kier alpha value is -1.74. The highest BCUT2D eigenvalue weighted by atomic mass is 32.2. The summed E-state index contributed by atoms with van der Waals surface area (Å²) in [5, 5.41) is 4.42. The highest BCUT2D eigenvalue weighted by Gasteiger charge is 2.31. The van der Waals surface area contributed by atoms with Crippen molar-refractivity contribution in [2.45, 2.75) is 17.6 Å². The Labute approximate surface area is 131 Å². The van der Waals surface area contributed by atoms with Crippen LogP contribution in [0.25, 0.3) is 16.2 Å². The average molecular weight is 345 g/mol. The van der Waals surface area contributed by atoms with Gasteiger partial charge in [0.2, 0.25) is 4.96 Å². The average Bonchev–Trinajstić information content (AvgIpc) is 2.97. The van der Waals surface area contributed by atoms with Crippen molar-refractivity contribution < 1.29 is 17.9 Å². The summed E-state index contributed by atoms with van der Waals surface area (Å²) in [7, 11) is 0. The molecule has 0 fully saturated rings. The van der Waals surface area contributed by atoms with Crippen LogP contribution in [0.4, 0.5) is 13.2 Å². The van der Waals surface area contributed by atoms with E-state index in [2.05, 4.69) is 14.8 Å². The summed E-state index contributed by atoms with van der Waals surface area (Å²) in [6.45, 7) is 2.02. The Morgan fingerprint density at radius 3 is 2.91 bits per heavy atom. The summed E-state index contributed by atoms with van der Waals surface area (Å²) < 4.78 is 43.4. The molecule has 0 unspecified atom stereocenters. The van der Waals surface area contributed by atoms with Crippen molar-refractivity contribution >= 4 is 28.1 Å². The molecule has 0 aliphatic carbocycles. The lowest BCUT2D eigenvalue weighted by Crippen LogP contribution is -2.17. The predicted octanol–water partition coefficient (Wildman–Crippen LogP) is 4.47. The molecule has 0 saturated carbocycles. The van der Waals surface area contributed by atoms with Gasteiger partial charge in [0, 0.05) is 5.56 Å². The van der Waals surface area contributed by atoms with Crippen LogP contribution >= 0.6 is 23.1 Å². The number of aromatic nitrogens is 3. The molecule has 0 aliphatic heterocycles. The van der Waals surface area contributed by atoms with E-state index >= 15 is 0 Å². The number of halogens is 3. The van der Waals surface area contributed by atoms with Crippen LogP contribution < -0.4 is 4.74 Å². The first-order chi connectivity index (χ1) is 10.5. The number of hydrogen-bond acceptors (Lipinski definition) is 5. The normalized spacial score (nSPS) is 12.0. The van der Waals surface area contributed by atoms with E-state index in [1.54, 1.807) is 28.5 Å². The predicted molar refractivity (Wildman–Crippen MR) is 79.4 cm³/mol. The molecule has 2 aromatic heterocycles. The summed E-state index contributed by atoms with van der Waals surface area (Å²) >= 11 is 3.04. The molecule has 22 heavy (non-hydrogen) atoms. The van der Waals surface area contributed by atoms with E-state index < -0.39 is 6.36 Å². The Bertz CT molecular complexity index is 797. The van der Waals surface area contributed by atoms with Gasteiger partial charge in [-0.2, -0.15) is 0 Å². The topological polar surface area (TPSA) is 39.4 Å². The molecule has 0 amide bonds. The van der Waals surface area contributed by atoms with Gasteiger partial charge in [0.15, 0.2) is 4.34 Å². The number of hydrogen-bond donors (Lipinski definition) is 0. The van der Waals surface area contributed by atoms with E-state index in [0.717, 1.165) is 10.1 Å². The molecule has 0 aliphatic rings. The van der Waals surface area contributed by atoms with Gasteiger partial charge >= 0.3 is 6.36 Å². The summed E-state index contributed by atoms with van der Waals surface area (Å²) in [5.41, 5.74) is 1.19. The van der Waals surface area contributed by atoms with Gasteiger partial charge in [0.25, 0.3) is 0 Å². The second-order valence-corrected chi connectivity index (χ2v) is 6.68. The van der Waals surface area contributed by atoms with Crippen LogP contribution in [0, 0.1) is 0 Å². The largest absolute Gasteiger partial charge is 0.573 e. The van der Waals surface area contributed by atoms with Gasteiger partial charge in [-0.05, 0) is 17.9 Å². The third-order valence-corrected chi connectivity index (χ3v) is 4.64. The van der Waals surface area contributed by atoms with Gasteiger partial charge in [-0.25, -0.2) is 9.50 Å². The lowest BCUT2D eigenvalue weighted by Gasteiger charge is -2.09. The molecule has 3 rings (SSSR count). The Morgan fingerprint density at radius 1 is 1.36 bits per heavy atom. The number of benzene rings is 1. The van der Waals surface area contributed by atoms with Crippen LogP contribution in [-0.2, 0) is 0 Å². The zero-order chi connectivity index (χ0) is 15.7. The fraction of sp³-hybridized carbons (Fsp3) is 0.231. The van der Waals surface area contributed by atoms with E-state index in [1.165, 1.54) is 29.5 Å². The summed E-state index contributed by atoms with van der Waals surface area (Å²) in [6, 6.07) is 5.78. The molecular formula is C13H10F3N3OS2.